The van der Waals surface area contributed by atoms with Crippen molar-refractivity contribution >= 4 is 38.6 Å². The van der Waals surface area contributed by atoms with Crippen LogP contribution in [0.3, 0.4) is 0 Å². The number of benzene rings is 2. The van der Waals surface area contributed by atoms with Crippen molar-refractivity contribution in [2.24, 2.45) is 0 Å². The lowest BCUT2D eigenvalue weighted by molar-refractivity contribution is 0.416. The van der Waals surface area contributed by atoms with Crippen LogP contribution in [-0.4, -0.2) is 24.2 Å². The molecular formula is C21H17BrN2O2S2. The van der Waals surface area contributed by atoms with E-state index < -0.39 is 0 Å². The SMILES string of the molecule is COc1ccccc1-c1nc(-c2nc(-c3ccccc3OC)sc2Br)c(C)s1. The number of para-hydroxylation sites is 2. The molecule has 142 valence electrons. The molecule has 2 heterocycles. The molecule has 0 aliphatic carbocycles. The molecule has 4 aromatic rings. The third kappa shape index (κ3) is 3.45. The first-order chi connectivity index (χ1) is 13.6. The first-order valence-electron chi connectivity index (χ1n) is 8.53. The van der Waals surface area contributed by atoms with E-state index in [9.17, 15) is 0 Å². The van der Waals surface area contributed by atoms with Crippen LogP contribution in [0, 0.1) is 6.92 Å². The Morgan fingerprint density at radius 2 is 1.25 bits per heavy atom. The monoisotopic (exact) mass is 472 g/mol. The molecule has 0 amide bonds. The van der Waals surface area contributed by atoms with Crippen LogP contribution < -0.4 is 9.47 Å². The molecule has 0 unspecified atom stereocenters. The Labute approximate surface area is 180 Å². The van der Waals surface area contributed by atoms with Crippen molar-refractivity contribution in [3.63, 3.8) is 0 Å². The largest absolute Gasteiger partial charge is 0.496 e. The average Bonchev–Trinajstić information content (AvgIpc) is 3.30. The van der Waals surface area contributed by atoms with Gasteiger partial charge < -0.3 is 9.47 Å². The number of aryl methyl sites for hydroxylation is 1. The van der Waals surface area contributed by atoms with Crippen molar-refractivity contribution in [2.45, 2.75) is 6.92 Å². The van der Waals surface area contributed by atoms with E-state index in [0.29, 0.717) is 0 Å². The highest BCUT2D eigenvalue weighted by molar-refractivity contribution is 9.11. The van der Waals surface area contributed by atoms with E-state index in [1.807, 2.05) is 48.5 Å². The number of thiazole rings is 2. The number of hydrogen-bond acceptors (Lipinski definition) is 6. The minimum absolute atomic E-state index is 0.806. The number of ether oxygens (including phenoxy) is 2. The van der Waals surface area contributed by atoms with Gasteiger partial charge in [-0.2, -0.15) is 0 Å². The lowest BCUT2D eigenvalue weighted by Crippen LogP contribution is -1.88. The first kappa shape index (κ1) is 19.1. The molecule has 0 bridgehead atoms. The van der Waals surface area contributed by atoms with Gasteiger partial charge in [0.25, 0.3) is 0 Å². The second-order valence-corrected chi connectivity index (χ2v) is 9.49. The molecule has 4 nitrogen and oxygen atoms in total. The molecule has 0 aliphatic rings. The summed E-state index contributed by atoms with van der Waals surface area (Å²) in [6.07, 6.45) is 0. The number of hydrogen-bond donors (Lipinski definition) is 0. The minimum atomic E-state index is 0.806. The summed E-state index contributed by atoms with van der Waals surface area (Å²) in [6, 6.07) is 15.8. The van der Waals surface area contributed by atoms with E-state index in [1.165, 1.54) is 0 Å². The summed E-state index contributed by atoms with van der Waals surface area (Å²) in [5.74, 6) is 1.62. The van der Waals surface area contributed by atoms with Crippen molar-refractivity contribution in [3.05, 3.63) is 57.2 Å². The summed E-state index contributed by atoms with van der Waals surface area (Å²) in [5, 5.41) is 1.81. The van der Waals surface area contributed by atoms with Crippen LogP contribution in [-0.2, 0) is 0 Å². The molecule has 0 radical (unpaired) electrons. The van der Waals surface area contributed by atoms with Gasteiger partial charge in [0.2, 0.25) is 0 Å². The quantitative estimate of drug-likeness (QED) is 0.324. The van der Waals surface area contributed by atoms with Crippen molar-refractivity contribution in [2.75, 3.05) is 14.2 Å². The van der Waals surface area contributed by atoms with E-state index in [4.69, 9.17) is 19.4 Å². The normalized spacial score (nSPS) is 10.9. The Hall–Kier alpha value is -2.22. The lowest BCUT2D eigenvalue weighted by atomic mass is 10.2. The Morgan fingerprint density at radius 1 is 0.750 bits per heavy atom. The van der Waals surface area contributed by atoms with E-state index in [1.54, 1.807) is 36.9 Å². The van der Waals surface area contributed by atoms with Gasteiger partial charge in [0.1, 0.15) is 32.9 Å². The molecule has 4 rings (SSSR count). The highest BCUT2D eigenvalue weighted by Gasteiger charge is 2.21. The lowest BCUT2D eigenvalue weighted by Gasteiger charge is -2.04. The van der Waals surface area contributed by atoms with Crippen LogP contribution in [0.1, 0.15) is 4.88 Å². The van der Waals surface area contributed by atoms with Crippen LogP contribution in [0.15, 0.2) is 52.3 Å². The molecule has 7 heteroatoms. The van der Waals surface area contributed by atoms with Crippen LogP contribution in [0.2, 0.25) is 0 Å². The molecule has 2 aromatic heterocycles. The topological polar surface area (TPSA) is 44.2 Å². The Kier molecular flexibility index (Phi) is 5.48. The summed E-state index contributed by atoms with van der Waals surface area (Å²) >= 11 is 6.90. The van der Waals surface area contributed by atoms with E-state index in [-0.39, 0.29) is 0 Å². The number of nitrogens with zero attached hydrogens (tertiary/aromatic N) is 2. The number of rotatable bonds is 5. The Morgan fingerprint density at radius 3 is 1.82 bits per heavy atom. The molecular weight excluding hydrogens is 456 g/mol. The van der Waals surface area contributed by atoms with Crippen LogP contribution >= 0.6 is 38.6 Å². The predicted octanol–water partition coefficient (Wildman–Crippen LogP) is 6.69. The molecule has 0 spiro atoms. The smallest absolute Gasteiger partial charge is 0.129 e. The summed E-state index contributed by atoms with van der Waals surface area (Å²) in [6.45, 7) is 2.07. The highest BCUT2D eigenvalue weighted by Crippen LogP contribution is 2.43. The van der Waals surface area contributed by atoms with Crippen LogP contribution in [0.5, 0.6) is 11.5 Å². The standard InChI is InChI=1S/C21H17BrN2O2S2/c1-12-17(23-20(27-12)13-8-4-6-10-15(13)25-2)18-19(22)28-21(24-18)14-9-5-7-11-16(14)26-3/h4-11H,1-3H3. The van der Waals surface area contributed by atoms with Crippen molar-refractivity contribution in [3.8, 4) is 44.0 Å². The van der Waals surface area contributed by atoms with Gasteiger partial charge >= 0.3 is 0 Å². The zero-order valence-corrected chi connectivity index (χ0v) is 18.7. The average molecular weight is 473 g/mol. The minimum Gasteiger partial charge on any atom is -0.496 e. The summed E-state index contributed by atoms with van der Waals surface area (Å²) in [4.78, 5) is 10.9. The van der Waals surface area contributed by atoms with Gasteiger partial charge in [-0.15, -0.1) is 22.7 Å². The molecule has 0 aliphatic heterocycles. The number of methoxy groups -OCH3 is 2. The molecule has 0 saturated heterocycles. The molecule has 28 heavy (non-hydrogen) atoms. The van der Waals surface area contributed by atoms with Gasteiger partial charge in [-0.05, 0) is 47.1 Å². The van der Waals surface area contributed by atoms with Crippen LogP contribution in [0.4, 0.5) is 0 Å². The van der Waals surface area contributed by atoms with Crippen molar-refractivity contribution in [1.29, 1.82) is 0 Å². The maximum absolute atomic E-state index is 5.50. The van der Waals surface area contributed by atoms with E-state index in [2.05, 4.69) is 22.9 Å². The molecule has 0 N–H and O–H groups in total. The van der Waals surface area contributed by atoms with Crippen molar-refractivity contribution < 1.29 is 9.47 Å². The number of aromatic nitrogens is 2. The molecule has 2 aromatic carbocycles. The van der Waals surface area contributed by atoms with Gasteiger partial charge in [-0.1, -0.05) is 24.3 Å². The van der Waals surface area contributed by atoms with Gasteiger partial charge in [-0.3, -0.25) is 0 Å². The molecule has 0 fully saturated rings. The third-order valence-corrected chi connectivity index (χ3v) is 7.02. The fourth-order valence-corrected chi connectivity index (χ4v) is 5.44. The predicted molar refractivity (Wildman–Crippen MR) is 120 cm³/mol. The maximum atomic E-state index is 5.50. The summed E-state index contributed by atoms with van der Waals surface area (Å²) in [5.41, 5.74) is 3.69. The summed E-state index contributed by atoms with van der Waals surface area (Å²) in [7, 11) is 3.35. The van der Waals surface area contributed by atoms with Gasteiger partial charge in [0, 0.05) is 4.88 Å². The first-order valence-corrected chi connectivity index (χ1v) is 11.0. The Bertz CT molecular complexity index is 1050. The molecule has 0 atom stereocenters. The second kappa shape index (κ2) is 8.03. The zero-order valence-electron chi connectivity index (χ0n) is 15.5. The van der Waals surface area contributed by atoms with Gasteiger partial charge in [0.05, 0.1) is 29.1 Å². The number of halogens is 1. The molecule has 0 saturated carbocycles. The van der Waals surface area contributed by atoms with E-state index >= 15 is 0 Å². The van der Waals surface area contributed by atoms with Gasteiger partial charge in [-0.25, -0.2) is 9.97 Å². The Balaban J connectivity index is 1.79. The zero-order chi connectivity index (χ0) is 19.7. The van der Waals surface area contributed by atoms with Crippen molar-refractivity contribution in [1.82, 2.24) is 9.97 Å². The maximum Gasteiger partial charge on any atom is 0.129 e. The van der Waals surface area contributed by atoms with Gasteiger partial charge in [0.15, 0.2) is 0 Å². The van der Waals surface area contributed by atoms with E-state index in [0.717, 1.165) is 52.7 Å². The second-order valence-electron chi connectivity index (χ2n) is 5.97. The highest BCUT2D eigenvalue weighted by atomic mass is 79.9. The summed E-state index contributed by atoms with van der Waals surface area (Å²) < 4.78 is 11.9. The fraction of sp³-hybridized carbons (Fsp3) is 0.143. The third-order valence-electron chi connectivity index (χ3n) is 4.28. The van der Waals surface area contributed by atoms with Crippen LogP contribution in [0.25, 0.3) is 32.5 Å². The fourth-order valence-electron chi connectivity index (χ4n) is 2.94.